The maximum atomic E-state index is 5.86. The van der Waals surface area contributed by atoms with Gasteiger partial charge in [-0.3, -0.25) is 0 Å². The van der Waals surface area contributed by atoms with Crippen LogP contribution in [0.1, 0.15) is 24.3 Å². The van der Waals surface area contributed by atoms with Crippen molar-refractivity contribution in [2.75, 3.05) is 13.1 Å². The molecule has 1 aliphatic heterocycles. The normalized spacial score (nSPS) is 22.1. The van der Waals surface area contributed by atoms with Crippen LogP contribution < -0.4 is 11.1 Å². The van der Waals surface area contributed by atoms with Crippen LogP contribution in [0.2, 0.25) is 5.02 Å². The first-order valence-electron chi connectivity index (χ1n) is 5.48. The van der Waals surface area contributed by atoms with Crippen molar-refractivity contribution in [3.8, 4) is 0 Å². The van der Waals surface area contributed by atoms with E-state index in [4.69, 9.17) is 17.3 Å². The summed E-state index contributed by atoms with van der Waals surface area (Å²) < 4.78 is 0. The van der Waals surface area contributed by atoms with E-state index >= 15 is 0 Å². The van der Waals surface area contributed by atoms with Gasteiger partial charge in [0.05, 0.1) is 0 Å². The summed E-state index contributed by atoms with van der Waals surface area (Å²) in [6.45, 7) is 1.86. The van der Waals surface area contributed by atoms with Gasteiger partial charge in [-0.2, -0.15) is 0 Å². The maximum Gasteiger partial charge on any atom is 0.0406 e. The van der Waals surface area contributed by atoms with E-state index in [1.165, 1.54) is 12.0 Å². The van der Waals surface area contributed by atoms with Crippen LogP contribution in [-0.4, -0.2) is 19.1 Å². The Bertz CT molecular complexity index is 306. The highest BCUT2D eigenvalue weighted by Crippen LogP contribution is 2.24. The second-order valence-electron chi connectivity index (χ2n) is 4.16. The molecule has 2 unspecified atom stereocenters. The number of nitrogens with one attached hydrogen (secondary N) is 1. The molecule has 1 aromatic carbocycles. The molecule has 82 valence electrons. The molecule has 1 heterocycles. The molecule has 0 spiro atoms. The fraction of sp³-hybridized carbons (Fsp3) is 0.500. The van der Waals surface area contributed by atoms with Crippen molar-refractivity contribution in [2.45, 2.75) is 24.8 Å². The van der Waals surface area contributed by atoms with Crippen LogP contribution in [0.15, 0.2) is 24.3 Å². The first kappa shape index (κ1) is 10.9. The molecule has 1 fully saturated rings. The number of benzene rings is 1. The van der Waals surface area contributed by atoms with Crippen molar-refractivity contribution in [3.05, 3.63) is 34.9 Å². The van der Waals surface area contributed by atoms with E-state index in [9.17, 15) is 0 Å². The summed E-state index contributed by atoms with van der Waals surface area (Å²) in [5.74, 6) is 0.458. The highest BCUT2D eigenvalue weighted by Gasteiger charge is 2.21. The minimum absolute atomic E-state index is 0.458. The molecule has 3 N–H and O–H groups in total. The fourth-order valence-electron chi connectivity index (χ4n) is 2.00. The molecule has 2 rings (SSSR count). The summed E-state index contributed by atoms with van der Waals surface area (Å²) in [5, 5.41) is 4.20. The second-order valence-corrected chi connectivity index (χ2v) is 4.60. The topological polar surface area (TPSA) is 38.0 Å². The lowest BCUT2D eigenvalue weighted by Gasteiger charge is -2.31. The molecule has 1 saturated heterocycles. The molecular weight excluding hydrogens is 208 g/mol. The molecule has 0 amide bonds. The molecule has 1 aliphatic rings. The Morgan fingerprint density at radius 3 is 2.53 bits per heavy atom. The summed E-state index contributed by atoms with van der Waals surface area (Å²) in [4.78, 5) is 0. The molecular formula is C12H17ClN2. The SMILES string of the molecule is NCC(CC1CCN1)c1ccc(Cl)cc1. The van der Waals surface area contributed by atoms with E-state index in [0.717, 1.165) is 18.0 Å². The van der Waals surface area contributed by atoms with Gasteiger partial charge in [0.15, 0.2) is 0 Å². The highest BCUT2D eigenvalue weighted by molar-refractivity contribution is 6.30. The Labute approximate surface area is 95.8 Å². The molecule has 0 bridgehead atoms. The number of halogens is 1. The van der Waals surface area contributed by atoms with Gasteiger partial charge >= 0.3 is 0 Å². The van der Waals surface area contributed by atoms with Crippen LogP contribution in [0.3, 0.4) is 0 Å². The van der Waals surface area contributed by atoms with E-state index in [1.54, 1.807) is 0 Å². The number of hydrogen-bond donors (Lipinski definition) is 2. The quantitative estimate of drug-likeness (QED) is 0.823. The van der Waals surface area contributed by atoms with Crippen molar-refractivity contribution in [2.24, 2.45) is 5.73 Å². The Morgan fingerprint density at radius 1 is 1.40 bits per heavy atom. The van der Waals surface area contributed by atoms with Gasteiger partial charge in [-0.05, 0) is 49.5 Å². The summed E-state index contributed by atoms with van der Waals surface area (Å²) in [6.07, 6.45) is 2.42. The van der Waals surface area contributed by atoms with E-state index < -0.39 is 0 Å². The van der Waals surface area contributed by atoms with Crippen LogP contribution in [0.25, 0.3) is 0 Å². The van der Waals surface area contributed by atoms with Gasteiger partial charge in [-0.1, -0.05) is 23.7 Å². The van der Waals surface area contributed by atoms with E-state index in [2.05, 4.69) is 17.4 Å². The third kappa shape index (κ3) is 2.71. The van der Waals surface area contributed by atoms with Gasteiger partial charge in [-0.15, -0.1) is 0 Å². The van der Waals surface area contributed by atoms with Gasteiger partial charge < -0.3 is 11.1 Å². The van der Waals surface area contributed by atoms with Crippen molar-refractivity contribution in [3.63, 3.8) is 0 Å². The van der Waals surface area contributed by atoms with Crippen LogP contribution in [0, 0.1) is 0 Å². The lowest BCUT2D eigenvalue weighted by Crippen LogP contribution is -2.44. The molecule has 0 saturated carbocycles. The largest absolute Gasteiger partial charge is 0.330 e. The van der Waals surface area contributed by atoms with E-state index in [-0.39, 0.29) is 0 Å². The third-order valence-corrected chi connectivity index (χ3v) is 3.37. The zero-order valence-electron chi connectivity index (χ0n) is 8.75. The summed E-state index contributed by atoms with van der Waals surface area (Å²) in [5.41, 5.74) is 7.11. The number of rotatable bonds is 4. The lowest BCUT2D eigenvalue weighted by atomic mass is 9.88. The van der Waals surface area contributed by atoms with Gasteiger partial charge in [0.1, 0.15) is 0 Å². The first-order valence-corrected chi connectivity index (χ1v) is 5.86. The average molecular weight is 225 g/mol. The Morgan fingerprint density at radius 2 is 2.07 bits per heavy atom. The summed E-state index contributed by atoms with van der Waals surface area (Å²) >= 11 is 5.86. The number of hydrogen-bond acceptors (Lipinski definition) is 2. The molecule has 15 heavy (non-hydrogen) atoms. The Balaban J connectivity index is 2.01. The first-order chi connectivity index (χ1) is 7.29. The van der Waals surface area contributed by atoms with Crippen LogP contribution in [0.4, 0.5) is 0 Å². The zero-order chi connectivity index (χ0) is 10.7. The van der Waals surface area contributed by atoms with Gasteiger partial charge in [0, 0.05) is 11.1 Å². The second kappa shape index (κ2) is 4.97. The molecule has 2 atom stereocenters. The Kier molecular flexibility index (Phi) is 3.62. The molecule has 0 aliphatic carbocycles. The minimum atomic E-state index is 0.458. The minimum Gasteiger partial charge on any atom is -0.330 e. The van der Waals surface area contributed by atoms with Crippen LogP contribution in [0.5, 0.6) is 0 Å². The van der Waals surface area contributed by atoms with Gasteiger partial charge in [-0.25, -0.2) is 0 Å². The third-order valence-electron chi connectivity index (χ3n) is 3.12. The predicted octanol–water partition coefficient (Wildman–Crippen LogP) is 2.13. The van der Waals surface area contributed by atoms with Gasteiger partial charge in [0.25, 0.3) is 0 Å². The van der Waals surface area contributed by atoms with Crippen LogP contribution in [-0.2, 0) is 0 Å². The zero-order valence-corrected chi connectivity index (χ0v) is 9.50. The van der Waals surface area contributed by atoms with Crippen LogP contribution >= 0.6 is 11.6 Å². The lowest BCUT2D eigenvalue weighted by molar-refractivity contribution is 0.330. The fourth-order valence-corrected chi connectivity index (χ4v) is 2.12. The molecule has 2 nitrogen and oxygen atoms in total. The smallest absolute Gasteiger partial charge is 0.0406 e. The average Bonchev–Trinajstić information content (AvgIpc) is 2.19. The van der Waals surface area contributed by atoms with Crippen molar-refractivity contribution in [1.29, 1.82) is 0 Å². The van der Waals surface area contributed by atoms with E-state index in [1.807, 2.05) is 12.1 Å². The van der Waals surface area contributed by atoms with Crippen molar-refractivity contribution >= 4 is 11.6 Å². The monoisotopic (exact) mass is 224 g/mol. The maximum absolute atomic E-state index is 5.86. The summed E-state index contributed by atoms with van der Waals surface area (Å²) in [6, 6.07) is 8.70. The molecule has 0 radical (unpaired) electrons. The highest BCUT2D eigenvalue weighted by atomic mass is 35.5. The summed E-state index contributed by atoms with van der Waals surface area (Å²) in [7, 11) is 0. The molecule has 3 heteroatoms. The van der Waals surface area contributed by atoms with Crippen molar-refractivity contribution in [1.82, 2.24) is 5.32 Å². The molecule has 1 aromatic rings. The molecule has 0 aromatic heterocycles. The van der Waals surface area contributed by atoms with Gasteiger partial charge in [0.2, 0.25) is 0 Å². The standard InChI is InChI=1S/C12H17ClN2/c13-11-3-1-9(2-4-11)10(8-14)7-12-5-6-15-12/h1-4,10,12,15H,5-8,14H2. The predicted molar refractivity (Wildman–Crippen MR) is 64.3 cm³/mol. The Hall–Kier alpha value is -0.570. The van der Waals surface area contributed by atoms with E-state index in [0.29, 0.717) is 18.5 Å². The van der Waals surface area contributed by atoms with Crippen molar-refractivity contribution < 1.29 is 0 Å². The number of nitrogens with two attached hydrogens (primary N) is 1.